The molecular formula is C9H16ClN. The summed E-state index contributed by atoms with van der Waals surface area (Å²) in [5.41, 5.74) is 0. The van der Waals surface area contributed by atoms with E-state index in [1.807, 2.05) is 0 Å². The van der Waals surface area contributed by atoms with Crippen LogP contribution in [0.1, 0.15) is 32.1 Å². The van der Waals surface area contributed by atoms with Gasteiger partial charge in [0, 0.05) is 11.4 Å². The molecule has 0 radical (unpaired) electrons. The third kappa shape index (κ3) is 1.54. The second-order valence-corrected chi connectivity index (χ2v) is 4.37. The molecule has 0 aromatic heterocycles. The average molecular weight is 174 g/mol. The summed E-state index contributed by atoms with van der Waals surface area (Å²) in [5, 5.41) is 4.03. The van der Waals surface area contributed by atoms with Gasteiger partial charge in [0.1, 0.15) is 0 Å². The van der Waals surface area contributed by atoms with Crippen LogP contribution >= 0.6 is 11.6 Å². The summed E-state index contributed by atoms with van der Waals surface area (Å²) < 4.78 is 0. The van der Waals surface area contributed by atoms with Gasteiger partial charge in [-0.3, -0.25) is 0 Å². The van der Waals surface area contributed by atoms with Gasteiger partial charge in [-0.2, -0.15) is 0 Å². The number of alkyl halides is 1. The van der Waals surface area contributed by atoms with E-state index < -0.39 is 0 Å². The van der Waals surface area contributed by atoms with Crippen LogP contribution in [0.25, 0.3) is 0 Å². The predicted octanol–water partition coefficient (Wildman–Crippen LogP) is 2.15. The van der Waals surface area contributed by atoms with Crippen molar-refractivity contribution in [2.24, 2.45) is 5.92 Å². The molecular weight excluding hydrogens is 158 g/mol. The Morgan fingerprint density at radius 3 is 2.73 bits per heavy atom. The van der Waals surface area contributed by atoms with Gasteiger partial charge in [0.15, 0.2) is 0 Å². The number of rotatable bonds is 0. The molecule has 0 bridgehead atoms. The van der Waals surface area contributed by atoms with Crippen LogP contribution in [0.5, 0.6) is 0 Å². The summed E-state index contributed by atoms with van der Waals surface area (Å²) in [5.74, 6) is 0.777. The summed E-state index contributed by atoms with van der Waals surface area (Å²) in [6.07, 6.45) is 6.67. The smallest absolute Gasteiger partial charge is 0.0391 e. The van der Waals surface area contributed by atoms with E-state index >= 15 is 0 Å². The Morgan fingerprint density at radius 2 is 1.91 bits per heavy atom. The minimum atomic E-state index is 0.460. The second kappa shape index (κ2) is 3.32. The zero-order chi connectivity index (χ0) is 7.68. The highest BCUT2D eigenvalue weighted by molar-refractivity contribution is 6.20. The van der Waals surface area contributed by atoms with Crippen molar-refractivity contribution in [2.45, 2.75) is 43.5 Å². The van der Waals surface area contributed by atoms with Crippen LogP contribution in [0, 0.1) is 5.92 Å². The predicted molar refractivity (Wildman–Crippen MR) is 48.0 cm³/mol. The van der Waals surface area contributed by atoms with Crippen LogP contribution in [-0.4, -0.2) is 18.0 Å². The zero-order valence-electron chi connectivity index (χ0n) is 6.85. The van der Waals surface area contributed by atoms with Crippen LogP contribution in [0.15, 0.2) is 0 Å². The molecule has 1 heterocycles. The van der Waals surface area contributed by atoms with Crippen LogP contribution in [0.4, 0.5) is 0 Å². The van der Waals surface area contributed by atoms with Gasteiger partial charge in [-0.05, 0) is 31.7 Å². The molecule has 2 fully saturated rings. The molecule has 64 valence electrons. The molecule has 1 saturated carbocycles. The van der Waals surface area contributed by atoms with Crippen molar-refractivity contribution < 1.29 is 0 Å². The van der Waals surface area contributed by atoms with E-state index in [9.17, 15) is 0 Å². The molecule has 0 amide bonds. The number of hydrogen-bond acceptors (Lipinski definition) is 1. The second-order valence-electron chi connectivity index (χ2n) is 3.81. The van der Waals surface area contributed by atoms with Gasteiger partial charge in [-0.25, -0.2) is 0 Å². The molecule has 1 N–H and O–H groups in total. The van der Waals surface area contributed by atoms with Crippen molar-refractivity contribution >= 4 is 11.6 Å². The fraction of sp³-hybridized carbons (Fsp3) is 1.00. The number of hydrogen-bond donors (Lipinski definition) is 1. The molecule has 1 saturated heterocycles. The maximum Gasteiger partial charge on any atom is 0.0391 e. The molecule has 2 heteroatoms. The number of halogens is 1. The minimum absolute atomic E-state index is 0.460. The molecule has 1 aliphatic heterocycles. The topological polar surface area (TPSA) is 12.0 Å². The highest BCUT2D eigenvalue weighted by atomic mass is 35.5. The zero-order valence-corrected chi connectivity index (χ0v) is 7.61. The van der Waals surface area contributed by atoms with Gasteiger partial charge < -0.3 is 5.32 Å². The van der Waals surface area contributed by atoms with Gasteiger partial charge in [-0.1, -0.05) is 12.8 Å². The summed E-state index contributed by atoms with van der Waals surface area (Å²) >= 11 is 6.25. The Balaban J connectivity index is 1.99. The number of nitrogens with one attached hydrogen (secondary N) is 1. The van der Waals surface area contributed by atoms with Gasteiger partial charge in [0.2, 0.25) is 0 Å². The van der Waals surface area contributed by atoms with E-state index in [0.29, 0.717) is 5.38 Å². The highest BCUT2D eigenvalue weighted by Gasteiger charge is 2.33. The fourth-order valence-corrected chi connectivity index (χ4v) is 2.88. The van der Waals surface area contributed by atoms with Crippen molar-refractivity contribution in [1.82, 2.24) is 5.32 Å². The lowest BCUT2D eigenvalue weighted by Crippen LogP contribution is -2.48. The van der Waals surface area contributed by atoms with Crippen molar-refractivity contribution in [3.05, 3.63) is 0 Å². The standard InChI is InChI=1S/C9H16ClN/c10-8-5-6-11-9-4-2-1-3-7(8)9/h7-9,11H,1-6H2/t7-,8+,9-/m0/s1. The SMILES string of the molecule is Cl[C@@H]1CCN[C@H]2CCCC[C@@H]12. The first-order valence-electron chi connectivity index (χ1n) is 4.75. The molecule has 2 rings (SSSR count). The first-order chi connectivity index (χ1) is 5.38. The van der Waals surface area contributed by atoms with E-state index in [1.165, 1.54) is 32.1 Å². The van der Waals surface area contributed by atoms with E-state index in [-0.39, 0.29) is 0 Å². The Morgan fingerprint density at radius 1 is 1.09 bits per heavy atom. The average Bonchev–Trinajstić information content (AvgIpc) is 2.06. The summed E-state index contributed by atoms with van der Waals surface area (Å²) in [7, 11) is 0. The molecule has 1 nitrogen and oxygen atoms in total. The molecule has 0 aromatic carbocycles. The van der Waals surface area contributed by atoms with E-state index in [1.54, 1.807) is 0 Å². The lowest BCUT2D eigenvalue weighted by Gasteiger charge is -2.39. The molecule has 0 aromatic rings. The molecule has 11 heavy (non-hydrogen) atoms. The first kappa shape index (κ1) is 7.88. The van der Waals surface area contributed by atoms with Gasteiger partial charge in [0.05, 0.1) is 0 Å². The van der Waals surface area contributed by atoms with E-state index in [4.69, 9.17) is 11.6 Å². The molecule has 1 aliphatic carbocycles. The summed E-state index contributed by atoms with van der Waals surface area (Å²) in [6.45, 7) is 1.13. The van der Waals surface area contributed by atoms with Crippen molar-refractivity contribution in [3.63, 3.8) is 0 Å². The first-order valence-corrected chi connectivity index (χ1v) is 5.19. The largest absolute Gasteiger partial charge is 0.314 e. The van der Waals surface area contributed by atoms with Crippen LogP contribution in [0.2, 0.25) is 0 Å². The van der Waals surface area contributed by atoms with Crippen LogP contribution < -0.4 is 5.32 Å². The van der Waals surface area contributed by atoms with Gasteiger partial charge in [0.25, 0.3) is 0 Å². The van der Waals surface area contributed by atoms with Crippen LogP contribution in [-0.2, 0) is 0 Å². The number of fused-ring (bicyclic) bond motifs is 1. The van der Waals surface area contributed by atoms with Gasteiger partial charge in [-0.15, -0.1) is 11.6 Å². The lowest BCUT2D eigenvalue weighted by molar-refractivity contribution is 0.216. The summed E-state index contributed by atoms with van der Waals surface area (Å²) in [6, 6.07) is 0.750. The van der Waals surface area contributed by atoms with E-state index in [0.717, 1.165) is 18.5 Å². The Bertz CT molecular complexity index is 136. The van der Waals surface area contributed by atoms with Crippen molar-refractivity contribution in [3.8, 4) is 0 Å². The quantitative estimate of drug-likeness (QED) is 0.554. The minimum Gasteiger partial charge on any atom is -0.314 e. The summed E-state index contributed by atoms with van der Waals surface area (Å²) in [4.78, 5) is 0. The Hall–Kier alpha value is 0.250. The molecule has 0 unspecified atom stereocenters. The third-order valence-electron chi connectivity index (χ3n) is 3.11. The maximum atomic E-state index is 6.25. The Kier molecular flexibility index (Phi) is 2.38. The highest BCUT2D eigenvalue weighted by Crippen LogP contribution is 2.33. The molecule has 0 spiro atoms. The number of piperidine rings is 1. The lowest BCUT2D eigenvalue weighted by atomic mass is 9.79. The molecule has 2 aliphatic rings. The molecule has 3 atom stereocenters. The normalized spacial score (nSPS) is 45.0. The maximum absolute atomic E-state index is 6.25. The monoisotopic (exact) mass is 173 g/mol. The fourth-order valence-electron chi connectivity index (χ4n) is 2.47. The van der Waals surface area contributed by atoms with E-state index in [2.05, 4.69) is 5.32 Å². The van der Waals surface area contributed by atoms with Crippen molar-refractivity contribution in [2.75, 3.05) is 6.54 Å². The third-order valence-corrected chi connectivity index (χ3v) is 3.65. The van der Waals surface area contributed by atoms with Crippen molar-refractivity contribution in [1.29, 1.82) is 0 Å². The Labute approximate surface area is 73.5 Å². The van der Waals surface area contributed by atoms with Crippen LogP contribution in [0.3, 0.4) is 0 Å². The van der Waals surface area contributed by atoms with Gasteiger partial charge >= 0.3 is 0 Å².